The highest BCUT2D eigenvalue weighted by molar-refractivity contribution is 9.09. The first kappa shape index (κ1) is 11.9. The molecule has 0 spiro atoms. The molecule has 0 aromatic heterocycles. The summed E-state index contributed by atoms with van der Waals surface area (Å²) in [4.78, 5) is 0. The van der Waals surface area contributed by atoms with Crippen molar-refractivity contribution in [2.75, 3.05) is 19.5 Å². The number of ether oxygens (including phenoxy) is 2. The van der Waals surface area contributed by atoms with Gasteiger partial charge < -0.3 is 9.47 Å². The Morgan fingerprint density at radius 2 is 1.67 bits per heavy atom. The van der Waals surface area contributed by atoms with Crippen molar-refractivity contribution in [1.82, 2.24) is 0 Å². The van der Waals surface area contributed by atoms with Crippen LogP contribution in [-0.4, -0.2) is 19.5 Å². The molecule has 0 amide bonds. The van der Waals surface area contributed by atoms with Gasteiger partial charge in [0.25, 0.3) is 0 Å². The summed E-state index contributed by atoms with van der Waals surface area (Å²) in [6.07, 6.45) is 0.708. The Kier molecular flexibility index (Phi) is 5.06. The normalized spacial score (nSPS) is 9.00. The molecule has 1 aromatic rings. The third-order valence-corrected chi connectivity index (χ3v) is 2.18. The summed E-state index contributed by atoms with van der Waals surface area (Å²) in [5.41, 5.74) is 1.10. The lowest BCUT2D eigenvalue weighted by Gasteiger charge is -2.06. The van der Waals surface area contributed by atoms with Gasteiger partial charge in [-0.2, -0.15) is 0 Å². The fourth-order valence-electron chi connectivity index (χ4n) is 1.18. The van der Waals surface area contributed by atoms with Crippen LogP contribution in [-0.2, 0) is 6.42 Å². The Morgan fingerprint density at radius 1 is 1.07 bits per heavy atom. The van der Waals surface area contributed by atoms with Gasteiger partial charge in [0.1, 0.15) is 11.5 Å². The van der Waals surface area contributed by atoms with Crippen molar-refractivity contribution in [1.29, 1.82) is 0 Å². The van der Waals surface area contributed by atoms with E-state index >= 15 is 0 Å². The fourth-order valence-corrected chi connectivity index (χ4v) is 1.38. The molecule has 1 aromatic carbocycles. The van der Waals surface area contributed by atoms with Gasteiger partial charge in [-0.3, -0.25) is 0 Å². The minimum Gasteiger partial charge on any atom is -0.497 e. The van der Waals surface area contributed by atoms with Crippen LogP contribution >= 0.6 is 15.9 Å². The van der Waals surface area contributed by atoms with E-state index in [-0.39, 0.29) is 0 Å². The van der Waals surface area contributed by atoms with E-state index < -0.39 is 0 Å². The zero-order chi connectivity index (χ0) is 11.1. The van der Waals surface area contributed by atoms with Gasteiger partial charge in [0.2, 0.25) is 0 Å². The first-order valence-electron chi connectivity index (χ1n) is 4.53. The molecule has 0 aliphatic carbocycles. The Hall–Kier alpha value is -1.14. The number of rotatable bonds is 3. The largest absolute Gasteiger partial charge is 0.497 e. The van der Waals surface area contributed by atoms with Crippen LogP contribution in [0.25, 0.3) is 0 Å². The predicted octanol–water partition coefficient (Wildman–Crippen LogP) is 2.64. The SMILES string of the molecule is COc1cc(CC#CCBr)cc(OC)c1. The van der Waals surface area contributed by atoms with Crippen molar-refractivity contribution in [3.05, 3.63) is 23.8 Å². The van der Waals surface area contributed by atoms with Crippen LogP contribution in [0.15, 0.2) is 18.2 Å². The second kappa shape index (κ2) is 6.36. The van der Waals surface area contributed by atoms with Gasteiger partial charge in [0, 0.05) is 12.5 Å². The highest BCUT2D eigenvalue weighted by Gasteiger charge is 2.00. The van der Waals surface area contributed by atoms with Gasteiger partial charge in [0.15, 0.2) is 0 Å². The van der Waals surface area contributed by atoms with E-state index in [0.717, 1.165) is 17.1 Å². The van der Waals surface area contributed by atoms with Crippen molar-refractivity contribution in [2.45, 2.75) is 6.42 Å². The molecule has 0 fully saturated rings. The third kappa shape index (κ3) is 3.85. The van der Waals surface area contributed by atoms with Crippen LogP contribution in [0.5, 0.6) is 11.5 Å². The number of hydrogen-bond acceptors (Lipinski definition) is 2. The molecule has 0 atom stereocenters. The van der Waals surface area contributed by atoms with Crippen LogP contribution in [0.1, 0.15) is 5.56 Å². The molecular weight excluding hydrogens is 256 g/mol. The van der Waals surface area contributed by atoms with E-state index in [4.69, 9.17) is 9.47 Å². The van der Waals surface area contributed by atoms with Crippen molar-refractivity contribution in [3.63, 3.8) is 0 Å². The molecule has 0 radical (unpaired) electrons. The Labute approximate surface area is 98.7 Å². The van der Waals surface area contributed by atoms with Crippen LogP contribution in [0.2, 0.25) is 0 Å². The molecule has 0 aliphatic rings. The van der Waals surface area contributed by atoms with Crippen LogP contribution in [0.3, 0.4) is 0 Å². The average molecular weight is 269 g/mol. The van der Waals surface area contributed by atoms with Crippen molar-refractivity contribution in [2.24, 2.45) is 0 Å². The van der Waals surface area contributed by atoms with E-state index in [9.17, 15) is 0 Å². The van der Waals surface area contributed by atoms with Gasteiger partial charge >= 0.3 is 0 Å². The summed E-state index contributed by atoms with van der Waals surface area (Å²) >= 11 is 3.26. The molecule has 1 rings (SSSR count). The Bertz CT molecular complexity index is 355. The maximum Gasteiger partial charge on any atom is 0.122 e. The maximum absolute atomic E-state index is 5.17. The molecule has 0 N–H and O–H groups in total. The quantitative estimate of drug-likeness (QED) is 0.620. The molecule has 0 bridgehead atoms. The number of methoxy groups -OCH3 is 2. The van der Waals surface area contributed by atoms with Crippen LogP contribution in [0.4, 0.5) is 0 Å². The minimum absolute atomic E-state index is 0.702. The van der Waals surface area contributed by atoms with E-state index in [2.05, 4.69) is 27.8 Å². The first-order chi connectivity index (χ1) is 7.30. The average Bonchev–Trinajstić information content (AvgIpc) is 2.29. The van der Waals surface area contributed by atoms with Gasteiger partial charge in [-0.15, -0.1) is 0 Å². The number of halogens is 1. The molecule has 0 unspecified atom stereocenters. The summed E-state index contributed by atoms with van der Waals surface area (Å²) in [5, 5.41) is 0.702. The highest BCUT2D eigenvalue weighted by Crippen LogP contribution is 2.22. The lowest BCUT2D eigenvalue weighted by molar-refractivity contribution is 0.393. The standard InChI is InChI=1S/C12H13BrO2/c1-14-11-7-10(5-3-4-6-13)8-12(9-11)15-2/h7-9H,5-6H2,1-2H3. The number of benzene rings is 1. The molecule has 80 valence electrons. The lowest BCUT2D eigenvalue weighted by atomic mass is 10.1. The van der Waals surface area contributed by atoms with Crippen LogP contribution < -0.4 is 9.47 Å². The topological polar surface area (TPSA) is 18.5 Å². The summed E-state index contributed by atoms with van der Waals surface area (Å²) < 4.78 is 10.3. The molecule has 15 heavy (non-hydrogen) atoms. The van der Waals surface area contributed by atoms with E-state index in [0.29, 0.717) is 11.8 Å². The number of alkyl halides is 1. The molecule has 0 saturated carbocycles. The van der Waals surface area contributed by atoms with E-state index in [1.807, 2.05) is 18.2 Å². The van der Waals surface area contributed by atoms with Crippen molar-refractivity contribution < 1.29 is 9.47 Å². The highest BCUT2D eigenvalue weighted by atomic mass is 79.9. The molecule has 0 aliphatic heterocycles. The Morgan fingerprint density at radius 3 is 2.13 bits per heavy atom. The second-order valence-electron chi connectivity index (χ2n) is 2.88. The smallest absolute Gasteiger partial charge is 0.122 e. The first-order valence-corrected chi connectivity index (χ1v) is 5.66. The molecule has 0 heterocycles. The van der Waals surface area contributed by atoms with Crippen molar-refractivity contribution >= 4 is 15.9 Å². The monoisotopic (exact) mass is 268 g/mol. The summed E-state index contributed by atoms with van der Waals surface area (Å²) in [6.45, 7) is 0. The maximum atomic E-state index is 5.17. The molecule has 0 saturated heterocycles. The Balaban J connectivity index is 2.86. The second-order valence-corrected chi connectivity index (χ2v) is 3.45. The van der Waals surface area contributed by atoms with Gasteiger partial charge in [-0.25, -0.2) is 0 Å². The zero-order valence-electron chi connectivity index (χ0n) is 8.84. The van der Waals surface area contributed by atoms with E-state index in [1.54, 1.807) is 14.2 Å². The summed E-state index contributed by atoms with van der Waals surface area (Å²) in [6, 6.07) is 5.78. The predicted molar refractivity (Wildman–Crippen MR) is 64.8 cm³/mol. The third-order valence-electron chi connectivity index (χ3n) is 1.90. The van der Waals surface area contributed by atoms with Gasteiger partial charge in [-0.05, 0) is 17.7 Å². The van der Waals surface area contributed by atoms with Gasteiger partial charge in [-0.1, -0.05) is 27.8 Å². The molecule has 2 nitrogen and oxygen atoms in total. The lowest BCUT2D eigenvalue weighted by Crippen LogP contribution is -1.90. The molecule has 3 heteroatoms. The van der Waals surface area contributed by atoms with Crippen LogP contribution in [0, 0.1) is 11.8 Å². The van der Waals surface area contributed by atoms with Crippen molar-refractivity contribution in [3.8, 4) is 23.3 Å². The van der Waals surface area contributed by atoms with Gasteiger partial charge in [0.05, 0.1) is 19.5 Å². The number of hydrogen-bond donors (Lipinski definition) is 0. The molecular formula is C12H13BrO2. The summed E-state index contributed by atoms with van der Waals surface area (Å²) in [5.74, 6) is 7.60. The summed E-state index contributed by atoms with van der Waals surface area (Å²) in [7, 11) is 3.28. The minimum atomic E-state index is 0.702. The van der Waals surface area contributed by atoms with E-state index in [1.165, 1.54) is 0 Å². The fraction of sp³-hybridized carbons (Fsp3) is 0.333. The zero-order valence-corrected chi connectivity index (χ0v) is 10.4.